The van der Waals surface area contributed by atoms with Gasteiger partial charge in [0.15, 0.2) is 0 Å². The van der Waals surface area contributed by atoms with Crippen LogP contribution in [0.25, 0.3) is 0 Å². The first-order chi connectivity index (χ1) is 15.3. The van der Waals surface area contributed by atoms with Crippen molar-refractivity contribution in [1.29, 1.82) is 0 Å². The van der Waals surface area contributed by atoms with Gasteiger partial charge in [-0.2, -0.15) is 0 Å². The van der Waals surface area contributed by atoms with Gasteiger partial charge >= 0.3 is 0 Å². The highest BCUT2D eigenvalue weighted by atomic mass is 35.5. The lowest BCUT2D eigenvalue weighted by atomic mass is 9.78. The zero-order chi connectivity index (χ0) is 23.3. The number of amides is 2. The summed E-state index contributed by atoms with van der Waals surface area (Å²) in [6.45, 7) is 4.45. The van der Waals surface area contributed by atoms with Gasteiger partial charge in [0.05, 0.1) is 0 Å². The maximum Gasteiger partial charge on any atom is 0.247 e. The number of hydrogen-bond acceptors (Lipinski definition) is 2. The fraction of sp³-hybridized carbons (Fsp3) is 0.440. The summed E-state index contributed by atoms with van der Waals surface area (Å²) in [4.78, 5) is 28.0. The van der Waals surface area contributed by atoms with Crippen LogP contribution in [0.1, 0.15) is 50.3 Å². The topological polar surface area (TPSA) is 49.4 Å². The monoisotopic (exact) mass is 478 g/mol. The molecule has 1 aliphatic carbocycles. The molecule has 4 nitrogen and oxygen atoms in total. The van der Waals surface area contributed by atoms with E-state index in [1.807, 2.05) is 6.07 Å². The van der Waals surface area contributed by atoms with Crippen LogP contribution in [0.4, 0.5) is 4.39 Å². The number of benzene rings is 2. The second-order valence-electron chi connectivity index (χ2n) is 8.58. The first-order valence-corrected chi connectivity index (χ1v) is 11.9. The molecule has 4 atom stereocenters. The van der Waals surface area contributed by atoms with Crippen LogP contribution in [0.5, 0.6) is 0 Å². The van der Waals surface area contributed by atoms with E-state index in [-0.39, 0.29) is 24.4 Å². The fourth-order valence-electron chi connectivity index (χ4n) is 4.38. The zero-order valence-corrected chi connectivity index (χ0v) is 19.9. The number of rotatable bonds is 7. The number of carbonyl (C=O) groups excluding carboxylic acids is 2. The Hall–Kier alpha value is -2.11. The number of halogens is 3. The second-order valence-corrected chi connectivity index (χ2v) is 9.26. The molecule has 32 heavy (non-hydrogen) atoms. The van der Waals surface area contributed by atoms with Crippen LogP contribution >= 0.6 is 23.2 Å². The van der Waals surface area contributed by atoms with Crippen molar-refractivity contribution >= 4 is 35.0 Å². The van der Waals surface area contributed by atoms with Crippen molar-refractivity contribution in [3.05, 3.63) is 70.5 Å². The molecule has 2 aromatic rings. The number of hydrogen-bond donors (Lipinski definition) is 1. The van der Waals surface area contributed by atoms with Crippen LogP contribution in [0, 0.1) is 17.7 Å². The molecule has 0 unspecified atom stereocenters. The molecule has 1 N–H and O–H groups in total. The van der Waals surface area contributed by atoms with Crippen molar-refractivity contribution in [2.24, 2.45) is 11.8 Å². The third-order valence-electron chi connectivity index (χ3n) is 6.51. The van der Waals surface area contributed by atoms with E-state index >= 15 is 0 Å². The van der Waals surface area contributed by atoms with E-state index in [4.69, 9.17) is 23.2 Å². The van der Waals surface area contributed by atoms with E-state index < -0.39 is 17.8 Å². The standard InChI is InChI=1S/C25H29Cl2FN2O2/c1-16-6-5-9-22(17(16)2)29-25(32)24(18-10-12-20(28)13-11-18)30(23(31)14-26)15-19-7-3-4-8-21(19)27/h3-4,7-8,10-13,16-17,22,24H,5-6,9,14-15H2,1-2H3,(H,29,32)/t16-,17-,22+,24-/m1/s1. The first-order valence-electron chi connectivity index (χ1n) is 11.0. The van der Waals surface area contributed by atoms with Gasteiger partial charge < -0.3 is 10.2 Å². The Kier molecular flexibility index (Phi) is 8.55. The van der Waals surface area contributed by atoms with Crippen LogP contribution in [0.2, 0.25) is 5.02 Å². The molecule has 1 aliphatic rings. The van der Waals surface area contributed by atoms with Gasteiger partial charge in [-0.05, 0) is 47.6 Å². The summed E-state index contributed by atoms with van der Waals surface area (Å²) in [6, 6.07) is 11.9. The van der Waals surface area contributed by atoms with Gasteiger partial charge in [-0.1, -0.05) is 68.6 Å². The summed E-state index contributed by atoms with van der Waals surface area (Å²) in [5.74, 6) is -0.575. The summed E-state index contributed by atoms with van der Waals surface area (Å²) in [6.07, 6.45) is 3.07. The van der Waals surface area contributed by atoms with Crippen LogP contribution in [-0.4, -0.2) is 28.6 Å². The summed E-state index contributed by atoms with van der Waals surface area (Å²) in [5.41, 5.74) is 1.22. The number of carbonyl (C=O) groups is 2. The SMILES string of the molecule is C[C@@H]1[C@H](C)CCC[C@@H]1NC(=O)[C@@H](c1ccc(F)cc1)N(Cc1ccccc1Cl)C(=O)CCl. The molecule has 2 amide bonds. The van der Waals surface area contributed by atoms with Gasteiger partial charge in [-0.15, -0.1) is 11.6 Å². The molecule has 1 fully saturated rings. The van der Waals surface area contributed by atoms with E-state index in [1.165, 1.54) is 29.2 Å². The van der Waals surface area contributed by atoms with E-state index in [2.05, 4.69) is 19.2 Å². The number of alkyl halides is 1. The predicted molar refractivity (Wildman–Crippen MR) is 126 cm³/mol. The molecule has 0 aliphatic heterocycles. The van der Waals surface area contributed by atoms with Crippen molar-refractivity contribution in [1.82, 2.24) is 10.2 Å². The first kappa shape index (κ1) is 24.5. The molecule has 0 heterocycles. The zero-order valence-electron chi connectivity index (χ0n) is 18.4. The Bertz CT molecular complexity index is 938. The van der Waals surface area contributed by atoms with E-state index in [0.29, 0.717) is 28.0 Å². The summed E-state index contributed by atoms with van der Waals surface area (Å²) < 4.78 is 13.6. The van der Waals surface area contributed by atoms with E-state index in [1.54, 1.807) is 18.2 Å². The lowest BCUT2D eigenvalue weighted by molar-refractivity contribution is -0.140. The van der Waals surface area contributed by atoms with Crippen molar-refractivity contribution < 1.29 is 14.0 Å². The maximum absolute atomic E-state index is 13.6. The van der Waals surface area contributed by atoms with Crippen molar-refractivity contribution in [3.63, 3.8) is 0 Å². The van der Waals surface area contributed by atoms with Gasteiger partial charge in [0.1, 0.15) is 17.7 Å². The van der Waals surface area contributed by atoms with Crippen LogP contribution in [0.15, 0.2) is 48.5 Å². The van der Waals surface area contributed by atoms with E-state index in [9.17, 15) is 14.0 Å². The van der Waals surface area contributed by atoms with Crippen molar-refractivity contribution in [3.8, 4) is 0 Å². The molecule has 3 rings (SSSR count). The Morgan fingerprint density at radius 2 is 1.81 bits per heavy atom. The van der Waals surface area contributed by atoms with E-state index in [0.717, 1.165) is 19.3 Å². The Morgan fingerprint density at radius 1 is 1.12 bits per heavy atom. The highest BCUT2D eigenvalue weighted by molar-refractivity contribution is 6.31. The molecule has 172 valence electrons. The lowest BCUT2D eigenvalue weighted by Gasteiger charge is -2.37. The van der Waals surface area contributed by atoms with Gasteiger partial charge in [0.2, 0.25) is 11.8 Å². The highest BCUT2D eigenvalue weighted by Gasteiger charge is 2.35. The molecule has 0 spiro atoms. The molecule has 7 heteroatoms. The third kappa shape index (κ3) is 5.81. The maximum atomic E-state index is 13.6. The average Bonchev–Trinajstić information content (AvgIpc) is 2.78. The Morgan fingerprint density at radius 3 is 2.47 bits per heavy atom. The molecule has 0 saturated heterocycles. The number of nitrogens with one attached hydrogen (secondary N) is 1. The Balaban J connectivity index is 1.97. The predicted octanol–water partition coefficient (Wildman–Crippen LogP) is 5.73. The second kappa shape index (κ2) is 11.2. The third-order valence-corrected chi connectivity index (χ3v) is 7.11. The normalized spacial score (nSPS) is 21.6. The van der Waals surface area contributed by atoms with Crippen molar-refractivity contribution in [2.45, 2.75) is 51.7 Å². The minimum absolute atomic E-state index is 0.0162. The largest absolute Gasteiger partial charge is 0.351 e. The fourth-order valence-corrected chi connectivity index (χ4v) is 4.72. The van der Waals surface area contributed by atoms with Gasteiger partial charge in [-0.3, -0.25) is 9.59 Å². The van der Waals surface area contributed by atoms with Crippen LogP contribution in [-0.2, 0) is 16.1 Å². The summed E-state index contributed by atoms with van der Waals surface area (Å²) in [7, 11) is 0. The van der Waals surface area contributed by atoms with Gasteiger partial charge in [0, 0.05) is 17.6 Å². The molecule has 0 radical (unpaired) electrons. The minimum atomic E-state index is -0.956. The van der Waals surface area contributed by atoms with Crippen molar-refractivity contribution in [2.75, 3.05) is 5.88 Å². The molecule has 0 bridgehead atoms. The smallest absolute Gasteiger partial charge is 0.247 e. The Labute approximate surface area is 199 Å². The highest BCUT2D eigenvalue weighted by Crippen LogP contribution is 2.31. The quantitative estimate of drug-likeness (QED) is 0.516. The molecular weight excluding hydrogens is 450 g/mol. The summed E-state index contributed by atoms with van der Waals surface area (Å²) in [5, 5.41) is 3.66. The lowest BCUT2D eigenvalue weighted by Crippen LogP contribution is -2.50. The summed E-state index contributed by atoms with van der Waals surface area (Å²) >= 11 is 12.3. The minimum Gasteiger partial charge on any atom is -0.351 e. The molecular formula is C25H29Cl2FN2O2. The van der Waals surface area contributed by atoms with Gasteiger partial charge in [0.25, 0.3) is 0 Å². The molecule has 1 saturated carbocycles. The average molecular weight is 479 g/mol. The number of nitrogens with zero attached hydrogens (tertiary/aromatic N) is 1. The van der Waals surface area contributed by atoms with Crippen LogP contribution in [0.3, 0.4) is 0 Å². The van der Waals surface area contributed by atoms with Crippen LogP contribution < -0.4 is 5.32 Å². The molecule has 0 aromatic heterocycles. The molecule has 2 aromatic carbocycles. The van der Waals surface area contributed by atoms with Gasteiger partial charge in [-0.25, -0.2) is 4.39 Å².